The fourth-order valence-corrected chi connectivity index (χ4v) is 4.54. The molecule has 0 fully saturated rings. The number of halogens is 1. The number of aryl methyl sites for hydroxylation is 1. The van der Waals surface area contributed by atoms with Crippen LogP contribution in [0, 0.1) is 6.92 Å². The van der Waals surface area contributed by atoms with Gasteiger partial charge in [0.1, 0.15) is 16.6 Å². The Morgan fingerprint density at radius 2 is 1.83 bits per heavy atom. The summed E-state index contributed by atoms with van der Waals surface area (Å²) in [6.45, 7) is 3.62. The highest BCUT2D eigenvalue weighted by Gasteiger charge is 2.22. The van der Waals surface area contributed by atoms with Crippen LogP contribution in [0.1, 0.15) is 17.8 Å². The second-order valence-electron chi connectivity index (χ2n) is 6.89. The minimum atomic E-state index is -0.763. The Balaban J connectivity index is 1.74. The molecule has 6 nitrogen and oxygen atoms in total. The summed E-state index contributed by atoms with van der Waals surface area (Å²) in [7, 11) is 0. The third-order valence-corrected chi connectivity index (χ3v) is 6.42. The van der Waals surface area contributed by atoms with Crippen molar-refractivity contribution >= 4 is 49.1 Å². The average molecular weight is 484 g/mol. The predicted molar refractivity (Wildman–Crippen MR) is 123 cm³/mol. The average Bonchev–Trinajstić information content (AvgIpc) is 3.07. The number of thiophene rings is 1. The Labute approximate surface area is 185 Å². The smallest absolute Gasteiger partial charge is 0.263 e. The molecule has 0 saturated carbocycles. The lowest BCUT2D eigenvalue weighted by molar-refractivity contribution is -0.118. The second-order valence-corrected chi connectivity index (χ2v) is 9.01. The van der Waals surface area contributed by atoms with Crippen molar-refractivity contribution in [1.82, 2.24) is 9.55 Å². The maximum Gasteiger partial charge on any atom is 0.263 e. The summed E-state index contributed by atoms with van der Waals surface area (Å²) in [5.41, 5.74) is 2.06. The molecule has 0 aliphatic carbocycles. The van der Waals surface area contributed by atoms with Crippen LogP contribution < -0.4 is 10.9 Å². The minimum absolute atomic E-state index is 0.111. The van der Waals surface area contributed by atoms with Crippen LogP contribution in [0.25, 0.3) is 21.3 Å². The molecule has 1 unspecified atom stereocenters. The summed E-state index contributed by atoms with van der Waals surface area (Å²) in [5.74, 6) is -0.235. The van der Waals surface area contributed by atoms with Gasteiger partial charge in [-0.25, -0.2) is 4.98 Å². The summed E-state index contributed by atoms with van der Waals surface area (Å²) in [5, 5.41) is 12.7. The molecule has 4 aromatic rings. The van der Waals surface area contributed by atoms with Crippen LogP contribution in [0.2, 0.25) is 0 Å². The molecule has 1 atom stereocenters. The zero-order chi connectivity index (χ0) is 21.4. The van der Waals surface area contributed by atoms with Crippen molar-refractivity contribution in [2.24, 2.45) is 0 Å². The fourth-order valence-electron chi connectivity index (χ4n) is 3.27. The van der Waals surface area contributed by atoms with E-state index in [9.17, 15) is 14.7 Å². The number of hydrogen-bond donors (Lipinski definition) is 2. The molecule has 1 amide bonds. The van der Waals surface area contributed by atoms with Crippen LogP contribution in [0.15, 0.2) is 64.1 Å². The van der Waals surface area contributed by atoms with Crippen molar-refractivity contribution in [3.8, 4) is 16.9 Å². The van der Waals surface area contributed by atoms with Crippen molar-refractivity contribution in [2.75, 3.05) is 5.32 Å². The van der Waals surface area contributed by atoms with Gasteiger partial charge in [-0.3, -0.25) is 14.2 Å². The normalized spacial score (nSPS) is 12.1. The Morgan fingerprint density at radius 3 is 2.50 bits per heavy atom. The first-order valence-corrected chi connectivity index (χ1v) is 10.8. The number of nitrogens with zero attached hydrogens (tertiary/aromatic N) is 2. The lowest BCUT2D eigenvalue weighted by atomic mass is 10.0. The molecule has 4 rings (SSSR count). The second kappa shape index (κ2) is 8.04. The Morgan fingerprint density at radius 1 is 1.17 bits per heavy atom. The quantitative estimate of drug-likeness (QED) is 0.395. The summed E-state index contributed by atoms with van der Waals surface area (Å²) in [4.78, 5) is 32.2. The molecule has 2 aromatic heterocycles. The first-order chi connectivity index (χ1) is 14.3. The third kappa shape index (κ3) is 3.76. The number of amides is 1. The van der Waals surface area contributed by atoms with Gasteiger partial charge in [0.05, 0.1) is 11.7 Å². The summed E-state index contributed by atoms with van der Waals surface area (Å²) in [6, 6.07) is 13.2. The van der Waals surface area contributed by atoms with Crippen LogP contribution in [0.3, 0.4) is 0 Å². The van der Waals surface area contributed by atoms with Crippen LogP contribution in [0.5, 0.6) is 5.75 Å². The van der Waals surface area contributed by atoms with Gasteiger partial charge in [0.2, 0.25) is 5.91 Å². The van der Waals surface area contributed by atoms with E-state index in [1.54, 1.807) is 19.1 Å². The molecule has 30 heavy (non-hydrogen) atoms. The van der Waals surface area contributed by atoms with Gasteiger partial charge in [0, 0.05) is 20.6 Å². The number of carbonyl (C=O) groups is 1. The van der Waals surface area contributed by atoms with Gasteiger partial charge in [0.25, 0.3) is 5.56 Å². The first-order valence-electron chi connectivity index (χ1n) is 9.21. The molecule has 2 N–H and O–H groups in total. The molecule has 152 valence electrons. The van der Waals surface area contributed by atoms with Crippen LogP contribution >= 0.6 is 27.3 Å². The van der Waals surface area contributed by atoms with Crippen LogP contribution in [-0.4, -0.2) is 20.6 Å². The zero-order valence-electron chi connectivity index (χ0n) is 16.2. The number of benzene rings is 2. The van der Waals surface area contributed by atoms with Gasteiger partial charge in [-0.15, -0.1) is 11.3 Å². The van der Waals surface area contributed by atoms with E-state index in [4.69, 9.17) is 0 Å². The number of nitrogens with one attached hydrogen (secondary N) is 1. The molecule has 0 aliphatic heterocycles. The molecule has 0 radical (unpaired) electrons. The molecular formula is C22H18BrN3O3S. The number of phenolic OH excluding ortho intramolecular Hbond substituents is 1. The van der Waals surface area contributed by atoms with Crippen LogP contribution in [0.4, 0.5) is 5.69 Å². The lowest BCUT2D eigenvalue weighted by Crippen LogP contribution is -2.31. The number of aromatic nitrogens is 2. The summed E-state index contributed by atoms with van der Waals surface area (Å²) in [6.07, 6.45) is 1.42. The van der Waals surface area contributed by atoms with Gasteiger partial charge in [-0.2, -0.15) is 0 Å². The number of anilines is 1. The zero-order valence-corrected chi connectivity index (χ0v) is 18.6. The highest BCUT2D eigenvalue weighted by atomic mass is 79.9. The fraction of sp³-hybridized carbons (Fsp3) is 0.136. The van der Waals surface area contributed by atoms with Crippen molar-refractivity contribution in [3.05, 3.63) is 74.6 Å². The van der Waals surface area contributed by atoms with Gasteiger partial charge < -0.3 is 10.4 Å². The monoisotopic (exact) mass is 483 g/mol. The van der Waals surface area contributed by atoms with Gasteiger partial charge >= 0.3 is 0 Å². The van der Waals surface area contributed by atoms with Crippen molar-refractivity contribution < 1.29 is 9.90 Å². The number of hydrogen-bond acceptors (Lipinski definition) is 5. The standard InChI is InChI=1S/C22H18BrN3O3S/c1-12(20(28)25-16-7-9-17(27)10-8-16)26-11-24-21-19(22(26)29)18(13(2)30-21)14-3-5-15(23)6-4-14/h3-12,27H,1-2H3,(H,25,28). The highest BCUT2D eigenvalue weighted by Crippen LogP contribution is 2.36. The Bertz CT molecular complexity index is 1290. The number of aromatic hydroxyl groups is 1. The van der Waals surface area contributed by atoms with E-state index in [-0.39, 0.29) is 17.2 Å². The van der Waals surface area contributed by atoms with Gasteiger partial charge in [-0.1, -0.05) is 28.1 Å². The number of phenols is 1. The van der Waals surface area contributed by atoms with E-state index >= 15 is 0 Å². The molecule has 0 saturated heterocycles. The first kappa shape index (κ1) is 20.3. The number of rotatable bonds is 4. The topological polar surface area (TPSA) is 84.2 Å². The molecule has 0 bridgehead atoms. The van der Waals surface area contributed by atoms with E-state index in [0.29, 0.717) is 15.9 Å². The van der Waals surface area contributed by atoms with E-state index < -0.39 is 6.04 Å². The molecule has 0 aliphatic rings. The maximum absolute atomic E-state index is 13.4. The van der Waals surface area contributed by atoms with Gasteiger partial charge in [-0.05, 0) is 55.8 Å². The molecule has 2 aromatic carbocycles. The van der Waals surface area contributed by atoms with Gasteiger partial charge in [0.15, 0.2) is 0 Å². The third-order valence-electron chi connectivity index (χ3n) is 4.88. The minimum Gasteiger partial charge on any atom is -0.508 e. The van der Waals surface area contributed by atoms with Crippen molar-refractivity contribution in [3.63, 3.8) is 0 Å². The maximum atomic E-state index is 13.4. The van der Waals surface area contributed by atoms with Crippen LogP contribution in [-0.2, 0) is 4.79 Å². The molecule has 8 heteroatoms. The largest absolute Gasteiger partial charge is 0.508 e. The lowest BCUT2D eigenvalue weighted by Gasteiger charge is -2.15. The Hall–Kier alpha value is -2.97. The number of fused-ring (bicyclic) bond motifs is 1. The molecule has 0 spiro atoms. The van der Waals surface area contributed by atoms with Crippen molar-refractivity contribution in [1.29, 1.82) is 0 Å². The molecule has 2 heterocycles. The van der Waals surface area contributed by atoms with E-state index in [1.165, 1.54) is 34.4 Å². The predicted octanol–water partition coefficient (Wildman–Crippen LogP) is 5.10. The molecular weight excluding hydrogens is 466 g/mol. The van der Waals surface area contributed by atoms with E-state index in [2.05, 4.69) is 26.2 Å². The van der Waals surface area contributed by atoms with Crippen molar-refractivity contribution in [2.45, 2.75) is 19.9 Å². The highest BCUT2D eigenvalue weighted by molar-refractivity contribution is 9.10. The van der Waals surface area contributed by atoms with E-state index in [0.717, 1.165) is 20.5 Å². The van der Waals surface area contributed by atoms with E-state index in [1.807, 2.05) is 31.2 Å². The summed E-state index contributed by atoms with van der Waals surface area (Å²) >= 11 is 4.90. The Kier molecular flexibility index (Phi) is 5.44. The number of carbonyl (C=O) groups excluding carboxylic acids is 1. The summed E-state index contributed by atoms with van der Waals surface area (Å²) < 4.78 is 2.31. The SMILES string of the molecule is Cc1sc2ncn(C(C)C(=O)Nc3ccc(O)cc3)c(=O)c2c1-c1ccc(Br)cc1.